The van der Waals surface area contributed by atoms with Crippen LogP contribution in [0.5, 0.6) is 0 Å². The highest BCUT2D eigenvalue weighted by Crippen LogP contribution is 2.32. The van der Waals surface area contributed by atoms with Gasteiger partial charge >= 0.3 is 0 Å². The quantitative estimate of drug-likeness (QED) is 0.796. The largest absolute Gasteiger partial charge is 0.299 e. The molecule has 0 aromatic heterocycles. The number of hydrogen-bond acceptors (Lipinski definition) is 2. The number of carbonyl (C=O) groups is 1. The number of Topliss-reactive ketones (excluding diaryl/α,β-unsaturated/α-hetero) is 1. The molecular weight excluding hydrogens is 222 g/mol. The molecule has 0 radical (unpaired) electrons. The van der Waals surface area contributed by atoms with Gasteiger partial charge in [-0.05, 0) is 25.3 Å². The maximum atomic E-state index is 12.0. The van der Waals surface area contributed by atoms with Crippen LogP contribution < -0.4 is 0 Å². The molecule has 1 aromatic rings. The molecule has 2 bridgehead atoms. The molecule has 2 nitrogen and oxygen atoms in total. The molecular formula is C16H21NO. The molecule has 2 aliphatic rings. The van der Waals surface area contributed by atoms with Crippen molar-refractivity contribution in [3.63, 3.8) is 0 Å². The van der Waals surface area contributed by atoms with Gasteiger partial charge in [0.25, 0.3) is 0 Å². The summed E-state index contributed by atoms with van der Waals surface area (Å²) in [6.07, 6.45) is 3.47. The van der Waals surface area contributed by atoms with Crippen LogP contribution in [0.15, 0.2) is 24.3 Å². The van der Waals surface area contributed by atoms with Gasteiger partial charge in [-0.15, -0.1) is 0 Å². The molecule has 96 valence electrons. The summed E-state index contributed by atoms with van der Waals surface area (Å²) in [5, 5.41) is 0. The van der Waals surface area contributed by atoms with Crippen LogP contribution in [0.3, 0.4) is 0 Å². The number of hydrogen-bond donors (Lipinski definition) is 0. The number of piperidine rings is 1. The van der Waals surface area contributed by atoms with Crippen LogP contribution >= 0.6 is 0 Å². The summed E-state index contributed by atoms with van der Waals surface area (Å²) in [4.78, 5) is 14.5. The zero-order chi connectivity index (χ0) is 12.5. The molecule has 1 aromatic carbocycles. The lowest BCUT2D eigenvalue weighted by Crippen LogP contribution is -2.48. The molecule has 1 aliphatic heterocycles. The van der Waals surface area contributed by atoms with Gasteiger partial charge in [0.15, 0.2) is 0 Å². The van der Waals surface area contributed by atoms with Crippen molar-refractivity contribution in [3.8, 4) is 0 Å². The minimum absolute atomic E-state index is 0.322. The Hall–Kier alpha value is -1.15. The first-order valence-electron chi connectivity index (χ1n) is 7.04. The molecule has 2 fully saturated rings. The van der Waals surface area contributed by atoms with Gasteiger partial charge < -0.3 is 0 Å². The third kappa shape index (κ3) is 2.35. The van der Waals surface area contributed by atoms with Gasteiger partial charge in [-0.25, -0.2) is 0 Å². The summed E-state index contributed by atoms with van der Waals surface area (Å²) in [6.45, 7) is 5.07. The van der Waals surface area contributed by atoms with E-state index in [0.717, 1.165) is 32.5 Å². The lowest BCUT2D eigenvalue weighted by Gasteiger charge is -2.40. The number of likely N-dealkylation sites (tertiary alicyclic amines) is 1. The van der Waals surface area contributed by atoms with Crippen LogP contribution in [0, 0.1) is 18.8 Å². The highest BCUT2D eigenvalue weighted by atomic mass is 16.1. The van der Waals surface area contributed by atoms with E-state index in [0.29, 0.717) is 17.6 Å². The first-order chi connectivity index (χ1) is 8.72. The van der Waals surface area contributed by atoms with Crippen molar-refractivity contribution >= 4 is 5.78 Å². The molecule has 2 unspecified atom stereocenters. The second-order valence-corrected chi connectivity index (χ2v) is 5.91. The van der Waals surface area contributed by atoms with Gasteiger partial charge in [0.1, 0.15) is 5.78 Å². The SMILES string of the molecule is Cc1ccc(CN2CC3CCCC(C2)C3=O)cc1. The maximum Gasteiger partial charge on any atom is 0.141 e. The fraction of sp³-hybridized carbons (Fsp3) is 0.562. The van der Waals surface area contributed by atoms with E-state index in [-0.39, 0.29) is 0 Å². The van der Waals surface area contributed by atoms with Gasteiger partial charge in [0.05, 0.1) is 0 Å². The first kappa shape index (κ1) is 11.9. The molecule has 0 N–H and O–H groups in total. The van der Waals surface area contributed by atoms with E-state index >= 15 is 0 Å². The first-order valence-corrected chi connectivity index (χ1v) is 7.04. The van der Waals surface area contributed by atoms with Crippen LogP contribution in [-0.4, -0.2) is 23.8 Å². The average molecular weight is 243 g/mol. The number of fused-ring (bicyclic) bond motifs is 2. The van der Waals surface area contributed by atoms with Crippen molar-refractivity contribution in [2.24, 2.45) is 11.8 Å². The number of nitrogens with zero attached hydrogens (tertiary/aromatic N) is 1. The van der Waals surface area contributed by atoms with E-state index in [1.807, 2.05) is 0 Å². The number of carbonyl (C=O) groups excluding carboxylic acids is 1. The van der Waals surface area contributed by atoms with E-state index in [2.05, 4.69) is 36.1 Å². The van der Waals surface area contributed by atoms with Gasteiger partial charge in [-0.3, -0.25) is 9.69 Å². The van der Waals surface area contributed by atoms with E-state index in [4.69, 9.17) is 0 Å². The summed E-state index contributed by atoms with van der Waals surface area (Å²) in [6, 6.07) is 8.76. The maximum absolute atomic E-state index is 12.0. The van der Waals surface area contributed by atoms with E-state index in [1.54, 1.807) is 0 Å². The molecule has 18 heavy (non-hydrogen) atoms. The average Bonchev–Trinajstić information content (AvgIpc) is 2.33. The predicted octanol–water partition coefficient (Wildman–Crippen LogP) is 2.80. The van der Waals surface area contributed by atoms with Crippen LogP contribution in [0.4, 0.5) is 0 Å². The van der Waals surface area contributed by atoms with Crippen molar-refractivity contribution in [2.45, 2.75) is 32.7 Å². The van der Waals surface area contributed by atoms with Gasteiger partial charge in [0, 0.05) is 31.5 Å². The Labute approximate surface area is 109 Å². The third-order valence-electron chi connectivity index (χ3n) is 4.39. The predicted molar refractivity (Wildman–Crippen MR) is 72.3 cm³/mol. The highest BCUT2D eigenvalue weighted by Gasteiger charge is 2.37. The highest BCUT2D eigenvalue weighted by molar-refractivity contribution is 5.85. The summed E-state index contributed by atoms with van der Waals surface area (Å²) in [7, 11) is 0. The van der Waals surface area contributed by atoms with Crippen LogP contribution in [0.1, 0.15) is 30.4 Å². The van der Waals surface area contributed by atoms with Gasteiger partial charge in [0.2, 0.25) is 0 Å². The van der Waals surface area contributed by atoms with Crippen LogP contribution in [0.25, 0.3) is 0 Å². The van der Waals surface area contributed by atoms with Crippen LogP contribution in [-0.2, 0) is 11.3 Å². The smallest absolute Gasteiger partial charge is 0.141 e. The van der Waals surface area contributed by atoms with E-state index < -0.39 is 0 Å². The Bertz CT molecular complexity index is 421. The summed E-state index contributed by atoms with van der Waals surface area (Å²) < 4.78 is 0. The van der Waals surface area contributed by atoms with Gasteiger partial charge in [-0.1, -0.05) is 36.2 Å². The summed E-state index contributed by atoms with van der Waals surface area (Å²) >= 11 is 0. The zero-order valence-corrected chi connectivity index (χ0v) is 11.1. The normalized spacial score (nSPS) is 28.4. The zero-order valence-electron chi connectivity index (χ0n) is 11.1. The van der Waals surface area contributed by atoms with E-state index in [1.165, 1.54) is 17.5 Å². The molecule has 0 amide bonds. The molecule has 1 saturated carbocycles. The minimum atomic E-state index is 0.322. The topological polar surface area (TPSA) is 20.3 Å². The third-order valence-corrected chi connectivity index (χ3v) is 4.39. The van der Waals surface area contributed by atoms with Crippen molar-refractivity contribution in [2.75, 3.05) is 13.1 Å². The second-order valence-electron chi connectivity index (χ2n) is 5.91. The van der Waals surface area contributed by atoms with Crippen molar-refractivity contribution in [1.29, 1.82) is 0 Å². The lowest BCUT2D eigenvalue weighted by atomic mass is 9.76. The molecule has 1 aliphatic carbocycles. The molecule has 2 heteroatoms. The summed E-state index contributed by atoms with van der Waals surface area (Å²) in [5.74, 6) is 1.19. The fourth-order valence-electron chi connectivity index (χ4n) is 3.37. The monoisotopic (exact) mass is 243 g/mol. The molecule has 1 heterocycles. The number of aryl methyl sites for hydroxylation is 1. The fourth-order valence-corrected chi connectivity index (χ4v) is 3.37. The Kier molecular flexibility index (Phi) is 3.21. The Morgan fingerprint density at radius 3 is 2.33 bits per heavy atom. The minimum Gasteiger partial charge on any atom is -0.299 e. The molecule has 1 saturated heterocycles. The molecule has 2 atom stereocenters. The standard InChI is InChI=1S/C16H21NO/c1-12-5-7-13(8-6-12)9-17-10-14-3-2-4-15(11-17)16(14)18/h5-8,14-15H,2-4,9-11H2,1H3. The van der Waals surface area contributed by atoms with Gasteiger partial charge in [-0.2, -0.15) is 0 Å². The Morgan fingerprint density at radius 1 is 1.11 bits per heavy atom. The van der Waals surface area contributed by atoms with Crippen molar-refractivity contribution in [3.05, 3.63) is 35.4 Å². The number of ketones is 1. The Morgan fingerprint density at radius 2 is 1.72 bits per heavy atom. The Balaban J connectivity index is 1.67. The molecule has 0 spiro atoms. The van der Waals surface area contributed by atoms with Crippen molar-refractivity contribution in [1.82, 2.24) is 4.90 Å². The lowest BCUT2D eigenvalue weighted by molar-refractivity contribution is -0.134. The molecule has 3 rings (SSSR count). The number of rotatable bonds is 2. The number of benzene rings is 1. The van der Waals surface area contributed by atoms with Crippen LogP contribution in [0.2, 0.25) is 0 Å². The summed E-state index contributed by atoms with van der Waals surface area (Å²) in [5.41, 5.74) is 2.68. The van der Waals surface area contributed by atoms with Crippen molar-refractivity contribution < 1.29 is 4.79 Å². The second kappa shape index (κ2) is 4.85. The van der Waals surface area contributed by atoms with E-state index in [9.17, 15) is 4.79 Å².